The number of carboxylic acid groups (broad SMARTS) is 1. The molecule has 0 aliphatic rings. The van der Waals surface area contributed by atoms with Crippen LogP contribution in [0.1, 0.15) is 12.0 Å². The number of hydrogen-bond acceptors (Lipinski definition) is 4. The maximum absolute atomic E-state index is 13.7. The van der Waals surface area contributed by atoms with Gasteiger partial charge in [0.25, 0.3) is 5.56 Å². The second kappa shape index (κ2) is 11.3. The van der Waals surface area contributed by atoms with Gasteiger partial charge in [0.05, 0.1) is 17.6 Å². The van der Waals surface area contributed by atoms with Crippen LogP contribution in [-0.2, 0) is 17.9 Å². The molecule has 5 rings (SSSR count). The van der Waals surface area contributed by atoms with Crippen LogP contribution in [-0.4, -0.2) is 37.9 Å². The first-order chi connectivity index (χ1) is 18.2. The number of nitrogens with zero attached hydrogens (tertiary/aromatic N) is 3. The normalized spacial score (nSPS) is 11.4. The Bertz CT molecular complexity index is 1630. The molecular formula is C28H25F3N4O3. The SMILES string of the molecule is NCCCn1cc(-c2nc3ccccc3n(Cc3ccccc3)c2=O)c2ccccc21.O=C(O)C(F)(F)F. The Labute approximate surface area is 215 Å². The number of para-hydroxylation sites is 3. The van der Waals surface area contributed by atoms with Crippen molar-refractivity contribution in [3.63, 3.8) is 0 Å². The molecule has 0 unspecified atom stereocenters. The highest BCUT2D eigenvalue weighted by Crippen LogP contribution is 2.29. The molecule has 38 heavy (non-hydrogen) atoms. The summed E-state index contributed by atoms with van der Waals surface area (Å²) in [7, 11) is 0. The average molecular weight is 523 g/mol. The van der Waals surface area contributed by atoms with Crippen molar-refractivity contribution in [2.45, 2.75) is 25.7 Å². The average Bonchev–Trinajstić information content (AvgIpc) is 3.28. The zero-order chi connectivity index (χ0) is 27.3. The van der Waals surface area contributed by atoms with Crippen molar-refractivity contribution in [3.05, 3.63) is 101 Å². The Morgan fingerprint density at radius 1 is 0.921 bits per heavy atom. The summed E-state index contributed by atoms with van der Waals surface area (Å²) < 4.78 is 35.7. The largest absolute Gasteiger partial charge is 0.490 e. The molecule has 0 fully saturated rings. The van der Waals surface area contributed by atoms with E-state index < -0.39 is 12.1 Å². The lowest BCUT2D eigenvalue weighted by atomic mass is 10.1. The summed E-state index contributed by atoms with van der Waals surface area (Å²) in [5.41, 5.74) is 10.8. The van der Waals surface area contributed by atoms with Crippen molar-refractivity contribution >= 4 is 27.9 Å². The van der Waals surface area contributed by atoms with Gasteiger partial charge in [0.1, 0.15) is 5.69 Å². The van der Waals surface area contributed by atoms with Gasteiger partial charge in [0.15, 0.2) is 0 Å². The van der Waals surface area contributed by atoms with Crippen LogP contribution in [0.4, 0.5) is 13.2 Å². The molecule has 3 aromatic carbocycles. The van der Waals surface area contributed by atoms with Crippen molar-refractivity contribution in [2.24, 2.45) is 5.73 Å². The lowest BCUT2D eigenvalue weighted by Gasteiger charge is -2.12. The number of carboxylic acids is 1. The van der Waals surface area contributed by atoms with Crippen molar-refractivity contribution in [1.29, 1.82) is 0 Å². The fourth-order valence-electron chi connectivity index (χ4n) is 4.17. The Hall–Kier alpha value is -4.44. The first kappa shape index (κ1) is 26.6. The highest BCUT2D eigenvalue weighted by atomic mass is 19.4. The molecule has 0 aliphatic heterocycles. The maximum Gasteiger partial charge on any atom is 0.490 e. The zero-order valence-electron chi connectivity index (χ0n) is 20.2. The molecule has 196 valence electrons. The minimum absolute atomic E-state index is 0.0794. The third-order valence-corrected chi connectivity index (χ3v) is 5.93. The van der Waals surface area contributed by atoms with E-state index in [1.54, 1.807) is 0 Å². The van der Waals surface area contributed by atoms with E-state index in [0.29, 0.717) is 18.8 Å². The smallest absolute Gasteiger partial charge is 0.475 e. The lowest BCUT2D eigenvalue weighted by Crippen LogP contribution is -2.24. The molecule has 3 N–H and O–H groups in total. The Morgan fingerprint density at radius 2 is 1.53 bits per heavy atom. The van der Waals surface area contributed by atoms with E-state index in [9.17, 15) is 18.0 Å². The molecule has 0 bridgehead atoms. The summed E-state index contributed by atoms with van der Waals surface area (Å²) in [6.45, 7) is 1.93. The van der Waals surface area contributed by atoms with Crippen molar-refractivity contribution in [3.8, 4) is 11.3 Å². The monoisotopic (exact) mass is 522 g/mol. The van der Waals surface area contributed by atoms with E-state index in [-0.39, 0.29) is 5.56 Å². The maximum atomic E-state index is 13.7. The van der Waals surface area contributed by atoms with Crippen LogP contribution in [0, 0.1) is 0 Å². The number of rotatable bonds is 6. The number of aryl methyl sites for hydroxylation is 1. The second-order valence-electron chi connectivity index (χ2n) is 8.52. The first-order valence-electron chi connectivity index (χ1n) is 11.8. The molecule has 0 aliphatic carbocycles. The number of halogens is 3. The van der Waals surface area contributed by atoms with Gasteiger partial charge in [-0.2, -0.15) is 13.2 Å². The molecule has 10 heteroatoms. The molecule has 0 spiro atoms. The van der Waals surface area contributed by atoms with Crippen LogP contribution in [0.3, 0.4) is 0 Å². The second-order valence-corrected chi connectivity index (χ2v) is 8.52. The highest BCUT2D eigenvalue weighted by Gasteiger charge is 2.38. The molecule has 0 saturated carbocycles. The van der Waals surface area contributed by atoms with Gasteiger partial charge < -0.3 is 20.0 Å². The molecular weight excluding hydrogens is 497 g/mol. The number of fused-ring (bicyclic) bond motifs is 2. The van der Waals surface area contributed by atoms with Crippen molar-refractivity contribution in [2.75, 3.05) is 6.54 Å². The molecule has 5 aromatic rings. The molecule has 0 amide bonds. The number of hydrogen-bond donors (Lipinski definition) is 2. The molecule has 2 aromatic heterocycles. The van der Waals surface area contributed by atoms with Gasteiger partial charge in [-0.25, -0.2) is 9.78 Å². The van der Waals surface area contributed by atoms with Gasteiger partial charge in [-0.1, -0.05) is 60.7 Å². The fraction of sp³-hybridized carbons (Fsp3) is 0.179. The Balaban J connectivity index is 0.000000426. The summed E-state index contributed by atoms with van der Waals surface area (Å²) in [6, 6.07) is 26.1. The van der Waals surface area contributed by atoms with Gasteiger partial charge >= 0.3 is 12.1 Å². The van der Waals surface area contributed by atoms with E-state index in [0.717, 1.165) is 46.0 Å². The summed E-state index contributed by atoms with van der Waals surface area (Å²) in [5.74, 6) is -2.76. The van der Waals surface area contributed by atoms with Crippen molar-refractivity contribution in [1.82, 2.24) is 14.1 Å². The highest BCUT2D eigenvalue weighted by molar-refractivity contribution is 5.96. The van der Waals surface area contributed by atoms with E-state index in [2.05, 4.69) is 16.7 Å². The summed E-state index contributed by atoms with van der Waals surface area (Å²) in [6.07, 6.45) is -2.16. The predicted molar refractivity (Wildman–Crippen MR) is 140 cm³/mol. The molecule has 2 heterocycles. The molecule has 0 saturated heterocycles. The number of nitrogens with two attached hydrogens (primary N) is 1. The van der Waals surface area contributed by atoms with Gasteiger partial charge in [-0.05, 0) is 36.7 Å². The standard InChI is InChI=1S/C26H24N4O.C2HF3O2/c27-15-8-16-29-18-21(20-11-4-6-13-23(20)29)25-26(31)30(17-19-9-2-1-3-10-19)24-14-7-5-12-22(24)28-25;3-2(4,5)1(6)7/h1-7,9-14,18H,8,15-17,27H2;(H,6,7). The quantitative estimate of drug-likeness (QED) is 0.325. The van der Waals surface area contributed by atoms with E-state index >= 15 is 0 Å². The Kier molecular flexibility index (Phi) is 7.92. The third-order valence-electron chi connectivity index (χ3n) is 5.93. The Morgan fingerprint density at radius 3 is 2.18 bits per heavy atom. The number of carbonyl (C=O) groups is 1. The topological polar surface area (TPSA) is 103 Å². The minimum atomic E-state index is -5.08. The van der Waals surface area contributed by atoms with Gasteiger partial charge in [0, 0.05) is 29.2 Å². The predicted octanol–water partition coefficient (Wildman–Crippen LogP) is 5.05. The zero-order valence-corrected chi connectivity index (χ0v) is 20.2. The minimum Gasteiger partial charge on any atom is -0.475 e. The van der Waals surface area contributed by atoms with Crippen LogP contribution in [0.5, 0.6) is 0 Å². The van der Waals surface area contributed by atoms with E-state index in [4.69, 9.17) is 20.6 Å². The van der Waals surface area contributed by atoms with Gasteiger partial charge in [0.2, 0.25) is 0 Å². The fourth-order valence-corrected chi connectivity index (χ4v) is 4.17. The van der Waals surface area contributed by atoms with Gasteiger partial charge in [-0.15, -0.1) is 0 Å². The van der Waals surface area contributed by atoms with Crippen LogP contribution in [0.25, 0.3) is 33.2 Å². The molecule has 7 nitrogen and oxygen atoms in total. The molecule has 0 atom stereocenters. The number of aromatic nitrogens is 3. The summed E-state index contributed by atoms with van der Waals surface area (Å²) in [5, 5.41) is 8.16. The number of benzene rings is 3. The third kappa shape index (κ3) is 5.76. The summed E-state index contributed by atoms with van der Waals surface area (Å²) >= 11 is 0. The van der Waals surface area contributed by atoms with Crippen LogP contribution >= 0.6 is 0 Å². The van der Waals surface area contributed by atoms with Crippen LogP contribution in [0.2, 0.25) is 0 Å². The van der Waals surface area contributed by atoms with E-state index in [1.165, 1.54) is 0 Å². The first-order valence-corrected chi connectivity index (χ1v) is 11.8. The molecule has 0 radical (unpaired) electrons. The lowest BCUT2D eigenvalue weighted by molar-refractivity contribution is -0.192. The van der Waals surface area contributed by atoms with Crippen LogP contribution in [0.15, 0.2) is 89.9 Å². The summed E-state index contributed by atoms with van der Waals surface area (Å²) in [4.78, 5) is 27.4. The van der Waals surface area contributed by atoms with Gasteiger partial charge in [-0.3, -0.25) is 4.79 Å². The number of alkyl halides is 3. The van der Waals surface area contributed by atoms with Crippen molar-refractivity contribution < 1.29 is 23.1 Å². The van der Waals surface area contributed by atoms with E-state index in [1.807, 2.05) is 77.5 Å². The van der Waals surface area contributed by atoms with Crippen LogP contribution < -0.4 is 11.3 Å². The number of aliphatic carboxylic acids is 1.